The van der Waals surface area contributed by atoms with Gasteiger partial charge >= 0.3 is 0 Å². The molecule has 2 aliphatic heterocycles. The molecule has 2 aliphatic rings. The highest BCUT2D eigenvalue weighted by Gasteiger charge is 2.17. The summed E-state index contributed by atoms with van der Waals surface area (Å²) in [4.78, 5) is 2.42. The number of rotatable bonds is 0. The van der Waals surface area contributed by atoms with E-state index < -0.39 is 0 Å². The topological polar surface area (TPSA) is 15.3 Å². The molecule has 58 valence electrons. The molecule has 0 radical (unpaired) electrons. The summed E-state index contributed by atoms with van der Waals surface area (Å²) in [6.45, 7) is 3.44. The van der Waals surface area contributed by atoms with Crippen LogP contribution in [0.15, 0.2) is 11.8 Å². The van der Waals surface area contributed by atoms with Crippen molar-refractivity contribution in [3.63, 3.8) is 0 Å². The first-order valence-electron chi connectivity index (χ1n) is 3.61. The zero-order valence-electron chi connectivity index (χ0n) is 5.97. The second-order valence-corrected chi connectivity index (χ2v) is 2.69. The Morgan fingerprint density at radius 1 is 1.50 bits per heavy atom. The van der Waals surface area contributed by atoms with Crippen molar-refractivity contribution >= 4 is 12.4 Å². The van der Waals surface area contributed by atoms with Gasteiger partial charge in [0.25, 0.3) is 0 Å². The second-order valence-electron chi connectivity index (χ2n) is 2.69. The molecular formula is C7H13ClN2. The van der Waals surface area contributed by atoms with Crippen LogP contribution in [0.25, 0.3) is 0 Å². The highest BCUT2D eigenvalue weighted by Crippen LogP contribution is 2.15. The standard InChI is InChI=1S/C7H12N2.ClH/c1-2-4-9-6-8-5-7(9)3-1;/h3,8H,1-2,4-6H2;1H. The molecule has 1 saturated heterocycles. The Bertz CT molecular complexity index is 145. The van der Waals surface area contributed by atoms with Gasteiger partial charge in [-0.15, -0.1) is 12.4 Å². The van der Waals surface area contributed by atoms with Crippen molar-refractivity contribution in [2.75, 3.05) is 19.8 Å². The highest BCUT2D eigenvalue weighted by molar-refractivity contribution is 5.85. The first kappa shape index (κ1) is 7.89. The highest BCUT2D eigenvalue weighted by atomic mass is 35.5. The van der Waals surface area contributed by atoms with Crippen molar-refractivity contribution in [1.29, 1.82) is 0 Å². The molecular weight excluding hydrogens is 148 g/mol. The van der Waals surface area contributed by atoms with Crippen LogP contribution in [0.1, 0.15) is 12.8 Å². The van der Waals surface area contributed by atoms with Gasteiger partial charge in [0.1, 0.15) is 0 Å². The first-order chi connectivity index (χ1) is 4.47. The van der Waals surface area contributed by atoms with Gasteiger partial charge in [0, 0.05) is 18.8 Å². The molecule has 0 bridgehead atoms. The fraction of sp³-hybridized carbons (Fsp3) is 0.714. The quantitative estimate of drug-likeness (QED) is 0.568. The number of nitrogens with zero attached hydrogens (tertiary/aromatic N) is 1. The van der Waals surface area contributed by atoms with Gasteiger partial charge in [-0.05, 0) is 12.8 Å². The lowest BCUT2D eigenvalue weighted by molar-refractivity contribution is 0.360. The molecule has 2 nitrogen and oxygen atoms in total. The summed E-state index contributed by atoms with van der Waals surface area (Å²) in [7, 11) is 0. The van der Waals surface area contributed by atoms with E-state index in [-0.39, 0.29) is 12.4 Å². The molecule has 0 unspecified atom stereocenters. The summed E-state index contributed by atoms with van der Waals surface area (Å²) in [5.41, 5.74) is 1.52. The van der Waals surface area contributed by atoms with Crippen molar-refractivity contribution in [2.45, 2.75) is 12.8 Å². The minimum atomic E-state index is 0. The summed E-state index contributed by atoms with van der Waals surface area (Å²) in [6.07, 6.45) is 4.97. The zero-order chi connectivity index (χ0) is 6.10. The van der Waals surface area contributed by atoms with E-state index in [0.29, 0.717) is 0 Å². The summed E-state index contributed by atoms with van der Waals surface area (Å²) in [5.74, 6) is 0. The lowest BCUT2D eigenvalue weighted by Crippen LogP contribution is -2.24. The average Bonchev–Trinajstić information content (AvgIpc) is 2.33. The van der Waals surface area contributed by atoms with Crippen molar-refractivity contribution < 1.29 is 0 Å². The fourth-order valence-electron chi connectivity index (χ4n) is 1.51. The first-order valence-corrected chi connectivity index (χ1v) is 3.61. The van der Waals surface area contributed by atoms with Gasteiger partial charge < -0.3 is 4.90 Å². The maximum absolute atomic E-state index is 3.32. The van der Waals surface area contributed by atoms with E-state index in [1.807, 2.05) is 0 Å². The molecule has 10 heavy (non-hydrogen) atoms. The molecule has 0 aromatic carbocycles. The van der Waals surface area contributed by atoms with Crippen LogP contribution in [-0.2, 0) is 0 Å². The molecule has 3 heteroatoms. The van der Waals surface area contributed by atoms with E-state index >= 15 is 0 Å². The Balaban J connectivity index is 0.000000500. The largest absolute Gasteiger partial charge is 0.361 e. The van der Waals surface area contributed by atoms with Gasteiger partial charge in [-0.3, -0.25) is 5.32 Å². The van der Waals surface area contributed by atoms with E-state index in [0.717, 1.165) is 13.2 Å². The number of nitrogens with one attached hydrogen (secondary N) is 1. The third-order valence-corrected chi connectivity index (χ3v) is 2.03. The van der Waals surface area contributed by atoms with Gasteiger partial charge in [0.05, 0.1) is 6.67 Å². The van der Waals surface area contributed by atoms with Crippen LogP contribution >= 0.6 is 12.4 Å². The summed E-state index contributed by atoms with van der Waals surface area (Å²) >= 11 is 0. The lowest BCUT2D eigenvalue weighted by Gasteiger charge is -2.22. The number of halogens is 1. The van der Waals surface area contributed by atoms with Crippen LogP contribution < -0.4 is 5.32 Å². The maximum atomic E-state index is 3.32. The van der Waals surface area contributed by atoms with Gasteiger partial charge in [0.2, 0.25) is 0 Å². The average molecular weight is 161 g/mol. The molecule has 0 aromatic heterocycles. The molecule has 0 amide bonds. The van der Waals surface area contributed by atoms with Gasteiger partial charge in [-0.2, -0.15) is 0 Å². The Morgan fingerprint density at radius 3 is 3.20 bits per heavy atom. The van der Waals surface area contributed by atoms with Crippen molar-refractivity contribution in [1.82, 2.24) is 10.2 Å². The number of allylic oxidation sites excluding steroid dienone is 1. The second kappa shape index (κ2) is 3.26. The zero-order valence-corrected chi connectivity index (χ0v) is 6.78. The Hall–Kier alpha value is -0.210. The SMILES string of the molecule is C1=C2CNCN2CCC1.Cl. The molecule has 0 aliphatic carbocycles. The predicted octanol–water partition coefficient (Wildman–Crippen LogP) is 0.949. The lowest BCUT2D eigenvalue weighted by atomic mass is 10.2. The number of hydrogen-bond acceptors (Lipinski definition) is 2. The van der Waals surface area contributed by atoms with Crippen molar-refractivity contribution in [2.24, 2.45) is 0 Å². The predicted molar refractivity (Wildman–Crippen MR) is 44.1 cm³/mol. The monoisotopic (exact) mass is 160 g/mol. The molecule has 0 aromatic rings. The Kier molecular flexibility index (Phi) is 2.57. The van der Waals surface area contributed by atoms with Gasteiger partial charge in [0.15, 0.2) is 0 Å². The molecule has 0 saturated carbocycles. The number of hydrogen-bond donors (Lipinski definition) is 1. The third-order valence-electron chi connectivity index (χ3n) is 2.03. The normalized spacial score (nSPS) is 23.2. The van der Waals surface area contributed by atoms with Crippen LogP contribution in [-0.4, -0.2) is 24.7 Å². The summed E-state index contributed by atoms with van der Waals surface area (Å²) in [6, 6.07) is 0. The molecule has 2 rings (SSSR count). The minimum absolute atomic E-state index is 0. The smallest absolute Gasteiger partial charge is 0.0682 e. The van der Waals surface area contributed by atoms with Crippen molar-refractivity contribution in [3.05, 3.63) is 11.8 Å². The van der Waals surface area contributed by atoms with Crippen LogP contribution in [0, 0.1) is 0 Å². The fourth-order valence-corrected chi connectivity index (χ4v) is 1.51. The van der Waals surface area contributed by atoms with E-state index in [4.69, 9.17) is 0 Å². The molecule has 2 heterocycles. The van der Waals surface area contributed by atoms with E-state index in [9.17, 15) is 0 Å². The number of fused-ring (bicyclic) bond motifs is 1. The summed E-state index contributed by atoms with van der Waals surface area (Å²) in [5, 5.41) is 3.32. The molecule has 0 atom stereocenters. The van der Waals surface area contributed by atoms with Gasteiger partial charge in [-0.1, -0.05) is 6.08 Å². The van der Waals surface area contributed by atoms with E-state index in [1.54, 1.807) is 0 Å². The Labute approximate surface area is 67.7 Å². The molecule has 0 spiro atoms. The minimum Gasteiger partial charge on any atom is -0.361 e. The van der Waals surface area contributed by atoms with Gasteiger partial charge in [-0.25, -0.2) is 0 Å². The van der Waals surface area contributed by atoms with E-state index in [2.05, 4.69) is 16.3 Å². The van der Waals surface area contributed by atoms with Crippen LogP contribution in [0.5, 0.6) is 0 Å². The van der Waals surface area contributed by atoms with Crippen LogP contribution in [0.4, 0.5) is 0 Å². The maximum Gasteiger partial charge on any atom is 0.0682 e. The van der Waals surface area contributed by atoms with Crippen molar-refractivity contribution in [3.8, 4) is 0 Å². The summed E-state index contributed by atoms with van der Waals surface area (Å²) < 4.78 is 0. The third kappa shape index (κ3) is 1.27. The van der Waals surface area contributed by atoms with Crippen LogP contribution in [0.2, 0.25) is 0 Å². The Morgan fingerprint density at radius 2 is 2.40 bits per heavy atom. The molecule has 1 N–H and O–H groups in total. The van der Waals surface area contributed by atoms with Crippen LogP contribution in [0.3, 0.4) is 0 Å². The van der Waals surface area contributed by atoms with E-state index in [1.165, 1.54) is 25.1 Å². The molecule has 1 fully saturated rings.